The van der Waals surface area contributed by atoms with Crippen LogP contribution in [0.4, 0.5) is 0 Å². The first-order chi connectivity index (χ1) is 10.7. The highest BCUT2D eigenvalue weighted by Crippen LogP contribution is 2.31. The second-order valence-electron chi connectivity index (χ2n) is 5.51. The molecule has 2 heterocycles. The number of H-pyrrole nitrogens is 1. The lowest BCUT2D eigenvalue weighted by Gasteiger charge is -2.04. The topological polar surface area (TPSA) is 37.9 Å². The zero-order chi connectivity index (χ0) is 15.1. The van der Waals surface area contributed by atoms with Gasteiger partial charge in [0.25, 0.3) is 0 Å². The molecule has 0 saturated heterocycles. The fourth-order valence-corrected chi connectivity index (χ4v) is 2.82. The van der Waals surface area contributed by atoms with Gasteiger partial charge >= 0.3 is 0 Å². The lowest BCUT2D eigenvalue weighted by atomic mass is 10.1. The maximum absolute atomic E-state index is 5.33. The first-order valence-electron chi connectivity index (χ1n) is 7.27. The van der Waals surface area contributed by atoms with Crippen LogP contribution in [0.1, 0.15) is 5.56 Å². The van der Waals surface area contributed by atoms with Gasteiger partial charge in [0.05, 0.1) is 18.3 Å². The number of aromatic amines is 1. The van der Waals surface area contributed by atoms with E-state index in [1.54, 1.807) is 7.11 Å². The number of hydrogen-bond acceptors (Lipinski definition) is 2. The standard InChI is InChI=1S/C19H16N2O/c1-12-3-4-13-5-7-18(21-19(13)9-12)16-11-20-17-8-6-14(22-2)10-15(16)17/h3-11,20H,1-2H3. The van der Waals surface area contributed by atoms with E-state index in [2.05, 4.69) is 42.2 Å². The van der Waals surface area contributed by atoms with Crippen LogP contribution < -0.4 is 4.74 Å². The molecule has 0 amide bonds. The third kappa shape index (κ3) is 2.02. The number of methoxy groups -OCH3 is 1. The zero-order valence-corrected chi connectivity index (χ0v) is 12.6. The van der Waals surface area contributed by atoms with E-state index < -0.39 is 0 Å². The Kier molecular flexibility index (Phi) is 2.86. The molecule has 0 aliphatic heterocycles. The van der Waals surface area contributed by atoms with Gasteiger partial charge in [0, 0.05) is 28.0 Å². The maximum atomic E-state index is 5.33. The highest BCUT2D eigenvalue weighted by molar-refractivity contribution is 5.96. The monoisotopic (exact) mass is 288 g/mol. The molecule has 4 rings (SSSR count). The van der Waals surface area contributed by atoms with Gasteiger partial charge in [-0.25, -0.2) is 4.98 Å². The number of aryl methyl sites for hydroxylation is 1. The van der Waals surface area contributed by atoms with Crippen LogP contribution in [0, 0.1) is 6.92 Å². The van der Waals surface area contributed by atoms with E-state index in [1.165, 1.54) is 5.56 Å². The third-order valence-electron chi connectivity index (χ3n) is 4.01. The van der Waals surface area contributed by atoms with E-state index in [0.29, 0.717) is 0 Å². The van der Waals surface area contributed by atoms with Crippen molar-refractivity contribution in [3.05, 3.63) is 60.3 Å². The highest BCUT2D eigenvalue weighted by Gasteiger charge is 2.09. The van der Waals surface area contributed by atoms with Crippen LogP contribution in [0.25, 0.3) is 33.1 Å². The Hall–Kier alpha value is -2.81. The van der Waals surface area contributed by atoms with Crippen LogP contribution in [-0.4, -0.2) is 17.1 Å². The molecule has 22 heavy (non-hydrogen) atoms. The van der Waals surface area contributed by atoms with Crippen molar-refractivity contribution in [3.8, 4) is 17.0 Å². The number of fused-ring (bicyclic) bond motifs is 2. The molecule has 0 aliphatic rings. The van der Waals surface area contributed by atoms with Crippen molar-refractivity contribution in [1.29, 1.82) is 0 Å². The average Bonchev–Trinajstić information content (AvgIpc) is 2.97. The number of nitrogens with zero attached hydrogens (tertiary/aromatic N) is 1. The number of benzene rings is 2. The highest BCUT2D eigenvalue weighted by atomic mass is 16.5. The van der Waals surface area contributed by atoms with Crippen molar-refractivity contribution in [2.24, 2.45) is 0 Å². The van der Waals surface area contributed by atoms with Crippen molar-refractivity contribution in [2.75, 3.05) is 7.11 Å². The molecule has 2 aromatic heterocycles. The summed E-state index contributed by atoms with van der Waals surface area (Å²) in [4.78, 5) is 8.13. The number of hydrogen-bond donors (Lipinski definition) is 1. The molecule has 2 aromatic carbocycles. The molecule has 0 saturated carbocycles. The lowest BCUT2D eigenvalue weighted by Crippen LogP contribution is -1.86. The van der Waals surface area contributed by atoms with E-state index >= 15 is 0 Å². The molecular formula is C19H16N2O. The summed E-state index contributed by atoms with van der Waals surface area (Å²) in [5.41, 5.74) is 5.39. The Bertz CT molecular complexity index is 985. The first kappa shape index (κ1) is 12.9. The summed E-state index contributed by atoms with van der Waals surface area (Å²) in [7, 11) is 1.69. The predicted molar refractivity (Wildman–Crippen MR) is 90.3 cm³/mol. The summed E-state index contributed by atoms with van der Waals surface area (Å²) in [6.07, 6.45) is 2.01. The second kappa shape index (κ2) is 4.88. The van der Waals surface area contributed by atoms with E-state index in [-0.39, 0.29) is 0 Å². The summed E-state index contributed by atoms with van der Waals surface area (Å²) in [5.74, 6) is 0.852. The van der Waals surface area contributed by atoms with E-state index in [1.807, 2.05) is 24.4 Å². The third-order valence-corrected chi connectivity index (χ3v) is 4.01. The van der Waals surface area contributed by atoms with Crippen LogP contribution in [-0.2, 0) is 0 Å². The van der Waals surface area contributed by atoms with Gasteiger partial charge in [-0.3, -0.25) is 0 Å². The SMILES string of the molecule is COc1ccc2[nH]cc(-c3ccc4ccc(C)cc4n3)c2c1. The van der Waals surface area contributed by atoms with E-state index in [4.69, 9.17) is 9.72 Å². The summed E-state index contributed by atoms with van der Waals surface area (Å²) >= 11 is 0. The fourth-order valence-electron chi connectivity index (χ4n) is 2.82. The molecule has 0 unspecified atom stereocenters. The molecule has 0 aliphatic carbocycles. The molecule has 0 radical (unpaired) electrons. The number of ether oxygens (including phenoxy) is 1. The normalized spacial score (nSPS) is 11.2. The summed E-state index contributed by atoms with van der Waals surface area (Å²) in [5, 5.41) is 2.28. The van der Waals surface area contributed by atoms with Crippen molar-refractivity contribution in [1.82, 2.24) is 9.97 Å². The van der Waals surface area contributed by atoms with E-state index in [9.17, 15) is 0 Å². The fraction of sp³-hybridized carbons (Fsp3) is 0.105. The molecule has 108 valence electrons. The van der Waals surface area contributed by atoms with Crippen LogP contribution >= 0.6 is 0 Å². The smallest absolute Gasteiger partial charge is 0.119 e. The van der Waals surface area contributed by atoms with Gasteiger partial charge in [-0.1, -0.05) is 18.2 Å². The quantitative estimate of drug-likeness (QED) is 0.580. The number of aromatic nitrogens is 2. The van der Waals surface area contributed by atoms with Crippen molar-refractivity contribution in [3.63, 3.8) is 0 Å². The molecule has 4 aromatic rings. The van der Waals surface area contributed by atoms with Gasteiger partial charge in [0.1, 0.15) is 5.75 Å². The number of pyridine rings is 1. The number of rotatable bonds is 2. The van der Waals surface area contributed by atoms with Gasteiger partial charge in [-0.05, 0) is 42.8 Å². The summed E-state index contributed by atoms with van der Waals surface area (Å²) in [6.45, 7) is 2.09. The van der Waals surface area contributed by atoms with Crippen LogP contribution in [0.5, 0.6) is 5.75 Å². The Balaban J connectivity index is 1.94. The van der Waals surface area contributed by atoms with Crippen LogP contribution in [0.15, 0.2) is 54.7 Å². The van der Waals surface area contributed by atoms with Crippen LogP contribution in [0.2, 0.25) is 0 Å². The minimum absolute atomic E-state index is 0.852. The molecule has 0 spiro atoms. The zero-order valence-electron chi connectivity index (χ0n) is 12.6. The van der Waals surface area contributed by atoms with Crippen molar-refractivity contribution >= 4 is 21.8 Å². The van der Waals surface area contributed by atoms with Gasteiger partial charge in [0.15, 0.2) is 0 Å². The van der Waals surface area contributed by atoms with Gasteiger partial charge < -0.3 is 9.72 Å². The number of nitrogens with one attached hydrogen (secondary N) is 1. The Morgan fingerprint density at radius 3 is 2.73 bits per heavy atom. The van der Waals surface area contributed by atoms with Crippen molar-refractivity contribution < 1.29 is 4.74 Å². The summed E-state index contributed by atoms with van der Waals surface area (Å²) < 4.78 is 5.33. The minimum Gasteiger partial charge on any atom is -0.497 e. The Morgan fingerprint density at radius 1 is 1.00 bits per heavy atom. The predicted octanol–water partition coefficient (Wildman–Crippen LogP) is 4.70. The average molecular weight is 288 g/mol. The van der Waals surface area contributed by atoms with Gasteiger partial charge in [0.2, 0.25) is 0 Å². The van der Waals surface area contributed by atoms with Gasteiger partial charge in [-0.2, -0.15) is 0 Å². The van der Waals surface area contributed by atoms with Gasteiger partial charge in [-0.15, -0.1) is 0 Å². The molecule has 1 N–H and O–H groups in total. The maximum Gasteiger partial charge on any atom is 0.119 e. The second-order valence-corrected chi connectivity index (χ2v) is 5.51. The summed E-state index contributed by atoms with van der Waals surface area (Å²) in [6, 6.07) is 16.6. The first-order valence-corrected chi connectivity index (χ1v) is 7.27. The molecule has 0 bridgehead atoms. The molecular weight excluding hydrogens is 272 g/mol. The lowest BCUT2D eigenvalue weighted by molar-refractivity contribution is 0.415. The minimum atomic E-state index is 0.852. The Labute approximate surface area is 128 Å². The molecule has 0 fully saturated rings. The molecule has 3 nitrogen and oxygen atoms in total. The Morgan fingerprint density at radius 2 is 1.86 bits per heavy atom. The molecule has 3 heteroatoms. The van der Waals surface area contributed by atoms with E-state index in [0.717, 1.165) is 38.8 Å². The largest absolute Gasteiger partial charge is 0.497 e. The van der Waals surface area contributed by atoms with Crippen molar-refractivity contribution in [2.45, 2.75) is 6.92 Å². The molecule has 0 atom stereocenters. The van der Waals surface area contributed by atoms with Crippen LogP contribution in [0.3, 0.4) is 0 Å².